The number of amides is 1. The van der Waals surface area contributed by atoms with Gasteiger partial charge >= 0.3 is 0 Å². The minimum atomic E-state index is -0.748. The van der Waals surface area contributed by atoms with Crippen molar-refractivity contribution in [2.45, 2.75) is 25.4 Å². The second kappa shape index (κ2) is 5.07. The number of carbonyl (C=O) groups excluding carboxylic acids is 1. The van der Waals surface area contributed by atoms with Crippen molar-refractivity contribution in [2.75, 3.05) is 0 Å². The summed E-state index contributed by atoms with van der Waals surface area (Å²) in [6.07, 6.45) is 3.35. The van der Waals surface area contributed by atoms with Crippen LogP contribution in [-0.4, -0.2) is 16.8 Å². The van der Waals surface area contributed by atoms with Gasteiger partial charge in [0.15, 0.2) is 0 Å². The topological polar surface area (TPSA) is 33.5 Å². The molecule has 0 unspecified atom stereocenters. The van der Waals surface area contributed by atoms with Crippen LogP contribution in [0.2, 0.25) is 0 Å². The average Bonchev–Trinajstić information content (AvgIpc) is 3.11. The molecule has 1 aromatic carbocycles. The molecular weight excluding hydrogens is 264 g/mol. The van der Waals surface area contributed by atoms with Crippen molar-refractivity contribution in [3.63, 3.8) is 0 Å². The molecule has 3 rings (SSSR count). The highest BCUT2D eigenvalue weighted by Crippen LogP contribution is 2.30. The Labute approximate surface area is 114 Å². The lowest BCUT2D eigenvalue weighted by Gasteiger charge is -2.21. The Morgan fingerprint density at radius 1 is 1.25 bits per heavy atom. The molecule has 1 saturated carbocycles. The molecule has 5 heteroatoms. The maximum absolute atomic E-state index is 13.2. The summed E-state index contributed by atoms with van der Waals surface area (Å²) in [5.74, 6) is -1.21. The Morgan fingerprint density at radius 3 is 2.50 bits per heavy atom. The highest BCUT2D eigenvalue weighted by atomic mass is 19.1. The molecule has 104 valence electrons. The van der Waals surface area contributed by atoms with Crippen LogP contribution in [0.4, 0.5) is 8.78 Å². The normalized spacial score (nSPS) is 14.3. The molecule has 2 aromatic rings. The lowest BCUT2D eigenvalue weighted by Crippen LogP contribution is -2.32. The van der Waals surface area contributed by atoms with Crippen LogP contribution in [0, 0.1) is 11.6 Å². The summed E-state index contributed by atoms with van der Waals surface area (Å²) in [6, 6.07) is 6.51. The summed E-state index contributed by atoms with van der Waals surface area (Å²) in [4.78, 5) is 14.0. The maximum Gasteiger partial charge on any atom is 0.254 e. The summed E-state index contributed by atoms with van der Waals surface area (Å²) in [6.45, 7) is 0.314. The van der Waals surface area contributed by atoms with Gasteiger partial charge in [0, 0.05) is 17.7 Å². The van der Waals surface area contributed by atoms with E-state index in [0.29, 0.717) is 12.3 Å². The van der Waals surface area contributed by atoms with Crippen molar-refractivity contribution in [1.29, 1.82) is 0 Å². The van der Waals surface area contributed by atoms with Crippen LogP contribution >= 0.6 is 0 Å². The van der Waals surface area contributed by atoms with Gasteiger partial charge in [0.1, 0.15) is 17.4 Å². The van der Waals surface area contributed by atoms with E-state index in [1.165, 1.54) is 6.26 Å². The molecule has 3 nitrogen and oxygen atoms in total. The van der Waals surface area contributed by atoms with Crippen LogP contribution < -0.4 is 0 Å². The number of benzene rings is 1. The average molecular weight is 277 g/mol. The number of rotatable bonds is 4. The quantitative estimate of drug-likeness (QED) is 0.858. The zero-order valence-electron chi connectivity index (χ0n) is 10.7. The van der Waals surface area contributed by atoms with Gasteiger partial charge in [0.05, 0.1) is 12.8 Å². The number of halogens is 2. The van der Waals surface area contributed by atoms with Crippen LogP contribution in [0.15, 0.2) is 41.0 Å². The standard InChI is InChI=1S/C15H13F2NO2/c16-11-6-10(7-12(17)8-11)15(19)18(13-3-4-13)9-14-2-1-5-20-14/h1-2,5-8,13H,3-4,9H2. The fraction of sp³-hybridized carbons (Fsp3) is 0.267. The van der Waals surface area contributed by atoms with E-state index in [-0.39, 0.29) is 17.5 Å². The molecule has 1 aliphatic carbocycles. The Kier molecular flexibility index (Phi) is 3.26. The Bertz CT molecular complexity index is 601. The first-order valence-corrected chi connectivity index (χ1v) is 6.43. The fourth-order valence-electron chi connectivity index (χ4n) is 2.17. The zero-order chi connectivity index (χ0) is 14.1. The first-order chi connectivity index (χ1) is 9.63. The fourth-order valence-corrected chi connectivity index (χ4v) is 2.17. The minimum absolute atomic E-state index is 0.0287. The van der Waals surface area contributed by atoms with Crippen molar-refractivity contribution in [2.24, 2.45) is 0 Å². The second-order valence-electron chi connectivity index (χ2n) is 4.90. The molecular formula is C15H13F2NO2. The zero-order valence-corrected chi connectivity index (χ0v) is 10.7. The van der Waals surface area contributed by atoms with E-state index in [1.54, 1.807) is 17.0 Å². The van der Waals surface area contributed by atoms with Crippen LogP contribution in [0.3, 0.4) is 0 Å². The molecule has 1 aliphatic rings. The molecule has 0 bridgehead atoms. The highest BCUT2D eigenvalue weighted by Gasteiger charge is 2.33. The molecule has 1 amide bonds. The van der Waals surface area contributed by atoms with E-state index in [2.05, 4.69) is 0 Å². The van der Waals surface area contributed by atoms with Crippen LogP contribution in [0.5, 0.6) is 0 Å². The van der Waals surface area contributed by atoms with E-state index in [9.17, 15) is 13.6 Å². The molecule has 1 fully saturated rings. The predicted molar refractivity (Wildman–Crippen MR) is 68.0 cm³/mol. The van der Waals surface area contributed by atoms with Crippen LogP contribution in [0.25, 0.3) is 0 Å². The first-order valence-electron chi connectivity index (χ1n) is 6.43. The molecule has 1 aromatic heterocycles. The Morgan fingerprint density at radius 2 is 1.95 bits per heavy atom. The van der Waals surface area contributed by atoms with Gasteiger partial charge < -0.3 is 9.32 Å². The van der Waals surface area contributed by atoms with Crippen molar-refractivity contribution in [3.8, 4) is 0 Å². The van der Waals surface area contributed by atoms with Gasteiger partial charge in [-0.1, -0.05) is 0 Å². The first kappa shape index (κ1) is 12.8. The molecule has 0 N–H and O–H groups in total. The summed E-state index contributed by atoms with van der Waals surface area (Å²) >= 11 is 0. The highest BCUT2D eigenvalue weighted by molar-refractivity contribution is 5.94. The number of furan rings is 1. The SMILES string of the molecule is O=C(c1cc(F)cc(F)c1)N(Cc1ccco1)C1CC1. The third-order valence-electron chi connectivity index (χ3n) is 3.26. The monoisotopic (exact) mass is 277 g/mol. The Hall–Kier alpha value is -2.17. The summed E-state index contributed by atoms with van der Waals surface area (Å²) in [7, 11) is 0. The number of carbonyl (C=O) groups is 1. The molecule has 0 radical (unpaired) electrons. The van der Waals surface area contributed by atoms with E-state index < -0.39 is 11.6 Å². The third kappa shape index (κ3) is 2.71. The third-order valence-corrected chi connectivity index (χ3v) is 3.26. The lowest BCUT2D eigenvalue weighted by molar-refractivity contribution is 0.0716. The van der Waals surface area contributed by atoms with Gasteiger partial charge in [0.25, 0.3) is 5.91 Å². The largest absolute Gasteiger partial charge is 0.467 e. The van der Waals surface area contributed by atoms with Gasteiger partial charge in [-0.05, 0) is 37.1 Å². The van der Waals surface area contributed by atoms with Crippen LogP contribution in [0.1, 0.15) is 29.0 Å². The summed E-state index contributed by atoms with van der Waals surface area (Å²) in [5, 5.41) is 0. The molecule has 20 heavy (non-hydrogen) atoms. The Balaban J connectivity index is 1.85. The summed E-state index contributed by atoms with van der Waals surface area (Å²) < 4.78 is 31.7. The van der Waals surface area contributed by atoms with Crippen molar-refractivity contribution in [3.05, 3.63) is 59.6 Å². The molecule has 1 heterocycles. The second-order valence-corrected chi connectivity index (χ2v) is 4.90. The van der Waals surface area contributed by atoms with E-state index in [4.69, 9.17) is 4.42 Å². The van der Waals surface area contributed by atoms with Gasteiger partial charge in [-0.3, -0.25) is 4.79 Å². The minimum Gasteiger partial charge on any atom is -0.467 e. The number of nitrogens with zero attached hydrogens (tertiary/aromatic N) is 1. The van der Waals surface area contributed by atoms with Gasteiger partial charge in [0.2, 0.25) is 0 Å². The molecule has 0 aliphatic heterocycles. The molecule has 0 atom stereocenters. The van der Waals surface area contributed by atoms with Crippen molar-refractivity contribution in [1.82, 2.24) is 4.90 Å². The van der Waals surface area contributed by atoms with Gasteiger partial charge in [-0.15, -0.1) is 0 Å². The van der Waals surface area contributed by atoms with E-state index >= 15 is 0 Å². The molecule has 0 saturated heterocycles. The summed E-state index contributed by atoms with van der Waals surface area (Å²) in [5.41, 5.74) is 0.0287. The van der Waals surface area contributed by atoms with Gasteiger partial charge in [-0.25, -0.2) is 8.78 Å². The molecule has 0 spiro atoms. The van der Waals surface area contributed by atoms with E-state index in [1.807, 2.05) is 0 Å². The van der Waals surface area contributed by atoms with Crippen molar-refractivity contribution < 1.29 is 18.0 Å². The smallest absolute Gasteiger partial charge is 0.254 e. The number of hydrogen-bond acceptors (Lipinski definition) is 2. The van der Waals surface area contributed by atoms with Crippen LogP contribution in [-0.2, 0) is 6.54 Å². The van der Waals surface area contributed by atoms with E-state index in [0.717, 1.165) is 31.0 Å². The van der Waals surface area contributed by atoms with Crippen molar-refractivity contribution >= 4 is 5.91 Å². The predicted octanol–water partition coefficient (Wildman–Crippen LogP) is 3.36. The number of hydrogen-bond donors (Lipinski definition) is 0. The lowest BCUT2D eigenvalue weighted by atomic mass is 10.1. The van der Waals surface area contributed by atoms with Gasteiger partial charge in [-0.2, -0.15) is 0 Å². The maximum atomic E-state index is 13.2.